The molecule has 1 heterocycles. The van der Waals surface area contributed by atoms with E-state index in [1.165, 1.54) is 0 Å². The molecule has 2 rings (SSSR count). The number of esters is 1. The number of nitrogens with zero attached hydrogens (tertiary/aromatic N) is 2. The molecule has 1 aliphatic heterocycles. The van der Waals surface area contributed by atoms with Gasteiger partial charge in [-0.05, 0) is 32.0 Å². The number of halogens is 6. The number of amidine groups is 1. The van der Waals surface area contributed by atoms with Crippen molar-refractivity contribution in [1.29, 1.82) is 0 Å². The molecule has 0 atom stereocenters. The van der Waals surface area contributed by atoms with Gasteiger partial charge in [0.1, 0.15) is 0 Å². The normalized spacial score (nSPS) is 15.1. The number of nitrogens with one attached hydrogen (secondary N) is 2. The van der Waals surface area contributed by atoms with Crippen LogP contribution in [0.4, 0.5) is 26.3 Å². The van der Waals surface area contributed by atoms with Crippen molar-refractivity contribution in [3.8, 4) is 0 Å². The van der Waals surface area contributed by atoms with E-state index in [-0.39, 0.29) is 30.1 Å². The minimum absolute atomic E-state index is 0.00910. The summed E-state index contributed by atoms with van der Waals surface area (Å²) in [6, 6.07) is 1.09. The lowest BCUT2D eigenvalue weighted by molar-refractivity contribution is -0.144. The van der Waals surface area contributed by atoms with Crippen LogP contribution in [0.15, 0.2) is 35.5 Å². The van der Waals surface area contributed by atoms with E-state index < -0.39 is 35.0 Å². The first-order chi connectivity index (χ1) is 12.8. The van der Waals surface area contributed by atoms with E-state index in [2.05, 4.69) is 22.6 Å². The second-order valence-corrected chi connectivity index (χ2v) is 6.11. The van der Waals surface area contributed by atoms with E-state index in [1.54, 1.807) is 13.8 Å². The van der Waals surface area contributed by atoms with Crippen LogP contribution in [0, 0.1) is 0 Å². The van der Waals surface area contributed by atoms with Crippen molar-refractivity contribution in [3.63, 3.8) is 0 Å². The number of ether oxygens (including phenoxy) is 1. The second kappa shape index (κ2) is 7.70. The highest BCUT2D eigenvalue weighted by Crippen LogP contribution is 2.36. The molecular formula is C16H16F6N4O2. The number of benzene rings is 1. The Kier molecular flexibility index (Phi) is 5.92. The molecule has 0 saturated heterocycles. The molecular weight excluding hydrogens is 394 g/mol. The van der Waals surface area contributed by atoms with Crippen molar-refractivity contribution >= 4 is 11.8 Å². The Morgan fingerprint density at radius 1 is 1.14 bits per heavy atom. The summed E-state index contributed by atoms with van der Waals surface area (Å²) in [5.41, 5.74) is 1.43. The molecule has 154 valence electrons. The van der Waals surface area contributed by atoms with Crippen LogP contribution >= 0.6 is 0 Å². The van der Waals surface area contributed by atoms with Crippen LogP contribution in [0.3, 0.4) is 0 Å². The molecule has 1 aromatic carbocycles. The molecule has 0 bridgehead atoms. The molecule has 0 aromatic heterocycles. The zero-order valence-electron chi connectivity index (χ0n) is 14.7. The Morgan fingerprint density at radius 3 is 2.14 bits per heavy atom. The lowest BCUT2D eigenvalue weighted by Crippen LogP contribution is -2.43. The van der Waals surface area contributed by atoms with E-state index >= 15 is 0 Å². The third-order valence-electron chi connectivity index (χ3n) is 3.36. The Morgan fingerprint density at radius 2 is 1.68 bits per heavy atom. The third kappa shape index (κ3) is 5.38. The minimum atomic E-state index is -4.98. The van der Waals surface area contributed by atoms with Gasteiger partial charge in [0.25, 0.3) is 0 Å². The van der Waals surface area contributed by atoms with Crippen LogP contribution < -0.4 is 11.0 Å². The molecule has 2 N–H and O–H groups in total. The SMILES string of the molecule is C=C(CN1NN=C(c2cc(C(F)(F)F)cc(C(F)(F)F)c2)N1)C(=O)OC(C)C. The van der Waals surface area contributed by atoms with Gasteiger partial charge in [0, 0.05) is 11.1 Å². The Balaban J connectivity index is 2.18. The summed E-state index contributed by atoms with van der Waals surface area (Å²) >= 11 is 0. The molecule has 0 spiro atoms. The molecule has 0 fully saturated rings. The lowest BCUT2D eigenvalue weighted by atomic mass is 10.0. The van der Waals surface area contributed by atoms with E-state index in [1.807, 2.05) is 0 Å². The largest absolute Gasteiger partial charge is 0.460 e. The topological polar surface area (TPSA) is 66.0 Å². The summed E-state index contributed by atoms with van der Waals surface area (Å²) in [5, 5.41) is 4.72. The van der Waals surface area contributed by atoms with Crippen molar-refractivity contribution < 1.29 is 35.9 Å². The van der Waals surface area contributed by atoms with Gasteiger partial charge in [-0.1, -0.05) is 6.58 Å². The van der Waals surface area contributed by atoms with Crippen molar-refractivity contribution in [1.82, 2.24) is 16.1 Å². The molecule has 6 nitrogen and oxygen atoms in total. The third-order valence-corrected chi connectivity index (χ3v) is 3.36. The summed E-state index contributed by atoms with van der Waals surface area (Å²) in [6.45, 7) is 6.59. The van der Waals surface area contributed by atoms with Crippen LogP contribution in [0.25, 0.3) is 0 Å². The summed E-state index contributed by atoms with van der Waals surface area (Å²) in [5.74, 6) is -0.993. The summed E-state index contributed by atoms with van der Waals surface area (Å²) < 4.78 is 82.6. The molecule has 28 heavy (non-hydrogen) atoms. The zero-order chi connectivity index (χ0) is 21.3. The van der Waals surface area contributed by atoms with Crippen molar-refractivity contribution in [2.45, 2.75) is 32.3 Å². The predicted octanol–water partition coefficient (Wildman–Crippen LogP) is 3.22. The van der Waals surface area contributed by atoms with Crippen LogP contribution in [0.1, 0.15) is 30.5 Å². The molecule has 0 saturated carbocycles. The van der Waals surface area contributed by atoms with Crippen LogP contribution in [-0.2, 0) is 21.9 Å². The fourth-order valence-electron chi connectivity index (χ4n) is 2.14. The number of carbonyl (C=O) groups is 1. The zero-order valence-corrected chi connectivity index (χ0v) is 14.7. The molecule has 0 radical (unpaired) electrons. The van der Waals surface area contributed by atoms with Gasteiger partial charge in [0.05, 0.1) is 23.8 Å². The average molecular weight is 410 g/mol. The van der Waals surface area contributed by atoms with Gasteiger partial charge in [-0.25, -0.2) is 10.3 Å². The molecule has 0 unspecified atom stereocenters. The van der Waals surface area contributed by atoms with E-state index in [0.717, 1.165) is 5.12 Å². The fraction of sp³-hybridized carbons (Fsp3) is 0.375. The number of carbonyl (C=O) groups excluding carboxylic acids is 1. The quantitative estimate of drug-likeness (QED) is 0.443. The van der Waals surface area contributed by atoms with Gasteiger partial charge in [-0.15, -0.1) is 10.2 Å². The highest BCUT2D eigenvalue weighted by Gasteiger charge is 2.37. The molecule has 1 aromatic rings. The standard InChI is InChI=1S/C16H16F6N4O2/c1-8(2)28-14(27)9(3)7-26-24-13(23-25-26)10-4-11(15(17,18)19)6-12(5-10)16(20,21)22/h4-6,8,25H,3,7H2,1-2H3,(H,23,24). The van der Waals surface area contributed by atoms with Gasteiger partial charge < -0.3 is 4.74 Å². The number of rotatable bonds is 5. The van der Waals surface area contributed by atoms with E-state index in [4.69, 9.17) is 4.74 Å². The Hall–Kier alpha value is -2.76. The highest BCUT2D eigenvalue weighted by atomic mass is 19.4. The second-order valence-electron chi connectivity index (χ2n) is 6.11. The van der Waals surface area contributed by atoms with Gasteiger partial charge in [-0.2, -0.15) is 26.3 Å². The van der Waals surface area contributed by atoms with Crippen LogP contribution in [-0.4, -0.2) is 29.6 Å². The van der Waals surface area contributed by atoms with Gasteiger partial charge in [-0.3, -0.25) is 5.43 Å². The highest BCUT2D eigenvalue weighted by molar-refractivity contribution is 5.99. The van der Waals surface area contributed by atoms with Gasteiger partial charge in [0.2, 0.25) is 0 Å². The first-order valence-electron chi connectivity index (χ1n) is 7.83. The van der Waals surface area contributed by atoms with Crippen molar-refractivity contribution in [2.75, 3.05) is 6.54 Å². The number of hydrogen-bond acceptors (Lipinski definition) is 6. The first-order valence-corrected chi connectivity index (χ1v) is 7.83. The Bertz CT molecular complexity index is 769. The van der Waals surface area contributed by atoms with Crippen molar-refractivity contribution in [2.24, 2.45) is 5.10 Å². The first kappa shape index (κ1) is 21.5. The maximum atomic E-state index is 12.9. The maximum absolute atomic E-state index is 12.9. The smallest absolute Gasteiger partial charge is 0.416 e. The molecule has 0 aliphatic carbocycles. The van der Waals surface area contributed by atoms with Crippen LogP contribution in [0.2, 0.25) is 0 Å². The molecule has 12 heteroatoms. The number of alkyl halides is 6. The summed E-state index contributed by atoms with van der Waals surface area (Å²) in [6.07, 6.45) is -10.3. The van der Waals surface area contributed by atoms with Crippen LogP contribution in [0.5, 0.6) is 0 Å². The maximum Gasteiger partial charge on any atom is 0.416 e. The molecule has 1 aliphatic rings. The summed E-state index contributed by atoms with van der Waals surface area (Å²) in [7, 11) is 0. The fourth-order valence-corrected chi connectivity index (χ4v) is 2.14. The van der Waals surface area contributed by atoms with Crippen molar-refractivity contribution in [3.05, 3.63) is 47.0 Å². The average Bonchev–Trinajstić information content (AvgIpc) is 3.00. The minimum Gasteiger partial charge on any atom is -0.460 e. The number of hydrazine groups is 2. The van der Waals surface area contributed by atoms with E-state index in [0.29, 0.717) is 12.1 Å². The molecule has 0 amide bonds. The predicted molar refractivity (Wildman–Crippen MR) is 86.3 cm³/mol. The Labute approximate surface area is 155 Å². The van der Waals surface area contributed by atoms with Gasteiger partial charge in [0.15, 0.2) is 5.84 Å². The monoisotopic (exact) mass is 410 g/mol. The number of hydrogen-bond donors (Lipinski definition) is 2. The van der Waals surface area contributed by atoms with E-state index in [9.17, 15) is 31.1 Å². The summed E-state index contributed by atoms with van der Waals surface area (Å²) in [4.78, 5) is 11.7. The number of hydrazone groups is 1. The van der Waals surface area contributed by atoms with Gasteiger partial charge >= 0.3 is 18.3 Å². The lowest BCUT2D eigenvalue weighted by Gasteiger charge is -2.18.